The molecule has 14 heavy (non-hydrogen) atoms. The van der Waals surface area contributed by atoms with Crippen LogP contribution in [0.15, 0.2) is 18.2 Å². The molecule has 0 radical (unpaired) electrons. The van der Waals surface area contributed by atoms with E-state index in [4.69, 9.17) is 10.8 Å². The first-order valence-corrected chi connectivity index (χ1v) is 4.41. The third-order valence-electron chi connectivity index (χ3n) is 1.88. The molecule has 4 nitrogen and oxygen atoms in total. The highest BCUT2D eigenvalue weighted by Gasteiger charge is 2.06. The van der Waals surface area contributed by atoms with Crippen molar-refractivity contribution in [3.63, 3.8) is 0 Å². The van der Waals surface area contributed by atoms with Gasteiger partial charge in [0.15, 0.2) is 0 Å². The fourth-order valence-electron chi connectivity index (χ4n) is 1.30. The number of nitrogen functional groups attached to an aromatic ring is 1. The second kappa shape index (κ2) is 4.62. The van der Waals surface area contributed by atoms with Gasteiger partial charge in [0.25, 0.3) is 0 Å². The number of carbonyl (C=O) groups is 1. The van der Waals surface area contributed by atoms with E-state index in [-0.39, 0.29) is 12.5 Å². The molecule has 76 valence electrons. The minimum Gasteiger partial charge on any atom is -0.398 e. The molecule has 0 unspecified atom stereocenters. The van der Waals surface area contributed by atoms with Crippen LogP contribution < -0.4 is 11.1 Å². The van der Waals surface area contributed by atoms with Gasteiger partial charge in [-0.25, -0.2) is 0 Å². The average Bonchev–Trinajstić information content (AvgIpc) is 2.10. The highest BCUT2D eigenvalue weighted by Crippen LogP contribution is 2.22. The van der Waals surface area contributed by atoms with Crippen molar-refractivity contribution in [2.45, 2.75) is 13.3 Å². The Kier molecular flexibility index (Phi) is 3.48. The second-order valence-corrected chi connectivity index (χ2v) is 3.03. The number of hydrogen-bond acceptors (Lipinski definition) is 3. The van der Waals surface area contributed by atoms with E-state index < -0.39 is 0 Å². The minimum atomic E-state index is -0.144. The smallest absolute Gasteiger partial charge is 0.221 e. The summed E-state index contributed by atoms with van der Waals surface area (Å²) in [4.78, 5) is 10.9. The summed E-state index contributed by atoms with van der Waals surface area (Å²) in [5.74, 6) is -0.144. The fourth-order valence-corrected chi connectivity index (χ4v) is 1.30. The van der Waals surface area contributed by atoms with Gasteiger partial charge >= 0.3 is 0 Å². The maximum atomic E-state index is 10.9. The largest absolute Gasteiger partial charge is 0.398 e. The maximum absolute atomic E-state index is 10.9. The summed E-state index contributed by atoms with van der Waals surface area (Å²) in [7, 11) is 0. The summed E-state index contributed by atoms with van der Waals surface area (Å²) in [5.41, 5.74) is 7.76. The van der Waals surface area contributed by atoms with E-state index >= 15 is 0 Å². The molecule has 0 spiro atoms. The van der Waals surface area contributed by atoms with Crippen molar-refractivity contribution < 1.29 is 9.90 Å². The topological polar surface area (TPSA) is 75.4 Å². The van der Waals surface area contributed by atoms with Gasteiger partial charge in [-0.05, 0) is 18.6 Å². The molecule has 0 heterocycles. The maximum Gasteiger partial charge on any atom is 0.221 e. The van der Waals surface area contributed by atoms with Crippen LogP contribution in [0.5, 0.6) is 0 Å². The number of nitrogens with one attached hydrogen (secondary N) is 1. The van der Waals surface area contributed by atoms with E-state index in [0.29, 0.717) is 17.8 Å². The molecular formula is C10H14N2O2. The lowest BCUT2D eigenvalue weighted by atomic mass is 10.1. The first kappa shape index (κ1) is 10.5. The molecule has 0 aliphatic heterocycles. The predicted molar refractivity (Wildman–Crippen MR) is 55.9 cm³/mol. The van der Waals surface area contributed by atoms with Crippen LogP contribution in [0.1, 0.15) is 12.5 Å². The number of nitrogens with two attached hydrogens (primary N) is 1. The monoisotopic (exact) mass is 194 g/mol. The summed E-state index contributed by atoms with van der Waals surface area (Å²) in [6, 6.07) is 5.28. The van der Waals surface area contributed by atoms with Crippen LogP contribution in [0.3, 0.4) is 0 Å². The number of benzene rings is 1. The van der Waals surface area contributed by atoms with Crippen LogP contribution in [0.4, 0.5) is 11.4 Å². The summed E-state index contributed by atoms with van der Waals surface area (Å²) in [6.07, 6.45) is 0.447. The van der Waals surface area contributed by atoms with Gasteiger partial charge in [0.2, 0.25) is 5.91 Å². The highest BCUT2D eigenvalue weighted by atomic mass is 16.3. The lowest BCUT2D eigenvalue weighted by Gasteiger charge is -2.11. The molecule has 4 heteroatoms. The molecule has 1 aromatic rings. The Hall–Kier alpha value is -1.55. The summed E-state index contributed by atoms with van der Waals surface area (Å²) >= 11 is 0. The van der Waals surface area contributed by atoms with Gasteiger partial charge in [-0.15, -0.1) is 0 Å². The molecule has 0 saturated heterocycles. The van der Waals surface area contributed by atoms with Crippen LogP contribution in [0.25, 0.3) is 0 Å². The molecule has 0 aromatic heterocycles. The number of aliphatic hydroxyl groups is 1. The molecule has 0 bridgehead atoms. The standard InChI is InChI=1S/C10H14N2O2/c1-7(14)12-10-4-2-3-9(11)8(10)5-6-13/h2-4,13H,5-6,11H2,1H3,(H,12,14). The van der Waals surface area contributed by atoms with E-state index in [2.05, 4.69) is 5.32 Å². The SMILES string of the molecule is CC(=O)Nc1cccc(N)c1CCO. The van der Waals surface area contributed by atoms with Crippen molar-refractivity contribution in [3.8, 4) is 0 Å². The van der Waals surface area contributed by atoms with Crippen LogP contribution in [0.2, 0.25) is 0 Å². The normalized spacial score (nSPS) is 9.86. The number of aliphatic hydroxyl groups excluding tert-OH is 1. The first-order chi connectivity index (χ1) is 6.65. The van der Waals surface area contributed by atoms with Crippen molar-refractivity contribution in [1.29, 1.82) is 0 Å². The molecular weight excluding hydrogens is 180 g/mol. The zero-order valence-electron chi connectivity index (χ0n) is 8.08. The van der Waals surface area contributed by atoms with Crippen molar-refractivity contribution in [1.82, 2.24) is 0 Å². The number of amides is 1. The first-order valence-electron chi connectivity index (χ1n) is 4.41. The van der Waals surface area contributed by atoms with Gasteiger partial charge in [-0.2, -0.15) is 0 Å². The van der Waals surface area contributed by atoms with E-state index in [1.165, 1.54) is 6.92 Å². The minimum absolute atomic E-state index is 0.0147. The number of carbonyl (C=O) groups excluding carboxylic acids is 1. The van der Waals surface area contributed by atoms with Gasteiger partial charge in [0.05, 0.1) is 0 Å². The van der Waals surface area contributed by atoms with Crippen LogP contribution in [-0.2, 0) is 11.2 Å². The number of hydrogen-bond donors (Lipinski definition) is 3. The predicted octanol–water partition coefficient (Wildman–Crippen LogP) is 0.762. The molecule has 0 fully saturated rings. The van der Waals surface area contributed by atoms with Crippen LogP contribution >= 0.6 is 0 Å². The van der Waals surface area contributed by atoms with Gasteiger partial charge in [-0.1, -0.05) is 6.07 Å². The Morgan fingerprint density at radius 1 is 1.57 bits per heavy atom. The molecule has 0 saturated carbocycles. The van der Waals surface area contributed by atoms with Crippen LogP contribution in [0, 0.1) is 0 Å². The van der Waals surface area contributed by atoms with Crippen molar-refractivity contribution in [2.24, 2.45) is 0 Å². The zero-order chi connectivity index (χ0) is 10.6. The van der Waals surface area contributed by atoms with Gasteiger partial charge in [-0.3, -0.25) is 4.79 Å². The molecule has 0 aliphatic carbocycles. The summed E-state index contributed by atoms with van der Waals surface area (Å²) in [6.45, 7) is 1.45. The van der Waals surface area contributed by atoms with Gasteiger partial charge in [0, 0.05) is 30.5 Å². The van der Waals surface area contributed by atoms with E-state index in [9.17, 15) is 4.79 Å². The molecule has 0 aliphatic rings. The molecule has 1 rings (SSSR count). The summed E-state index contributed by atoms with van der Waals surface area (Å²) < 4.78 is 0. The number of anilines is 2. The second-order valence-electron chi connectivity index (χ2n) is 3.03. The molecule has 1 aromatic carbocycles. The Morgan fingerprint density at radius 3 is 2.86 bits per heavy atom. The Labute approximate surface area is 82.7 Å². The fraction of sp³-hybridized carbons (Fsp3) is 0.300. The Morgan fingerprint density at radius 2 is 2.29 bits per heavy atom. The van der Waals surface area contributed by atoms with Gasteiger partial charge < -0.3 is 16.2 Å². The van der Waals surface area contributed by atoms with E-state index in [0.717, 1.165) is 5.56 Å². The van der Waals surface area contributed by atoms with E-state index in [1.54, 1.807) is 18.2 Å². The quantitative estimate of drug-likeness (QED) is 0.622. The molecule has 0 atom stereocenters. The number of rotatable bonds is 3. The Bertz CT molecular complexity index is 337. The summed E-state index contributed by atoms with van der Waals surface area (Å²) in [5, 5.41) is 11.5. The van der Waals surface area contributed by atoms with Crippen molar-refractivity contribution in [3.05, 3.63) is 23.8 Å². The zero-order valence-corrected chi connectivity index (χ0v) is 8.08. The lowest BCUT2D eigenvalue weighted by Crippen LogP contribution is -2.10. The Balaban J connectivity index is 3.01. The van der Waals surface area contributed by atoms with E-state index in [1.807, 2.05) is 0 Å². The van der Waals surface area contributed by atoms with Crippen LogP contribution in [-0.4, -0.2) is 17.6 Å². The third-order valence-corrected chi connectivity index (χ3v) is 1.88. The van der Waals surface area contributed by atoms with Gasteiger partial charge in [0.1, 0.15) is 0 Å². The van der Waals surface area contributed by atoms with Crippen molar-refractivity contribution in [2.75, 3.05) is 17.7 Å². The van der Waals surface area contributed by atoms with Crippen molar-refractivity contribution >= 4 is 17.3 Å². The highest BCUT2D eigenvalue weighted by molar-refractivity contribution is 5.90. The molecule has 1 amide bonds. The lowest BCUT2D eigenvalue weighted by molar-refractivity contribution is -0.114. The third kappa shape index (κ3) is 2.47. The average molecular weight is 194 g/mol. The molecule has 4 N–H and O–H groups in total.